The second-order valence-corrected chi connectivity index (χ2v) is 10.4. The number of aliphatic hydroxyl groups is 1. The Balaban J connectivity index is 1.59. The molecule has 2 N–H and O–H groups in total. The summed E-state index contributed by atoms with van der Waals surface area (Å²) in [6.45, 7) is 4.82. The van der Waals surface area contributed by atoms with Crippen molar-refractivity contribution in [2.24, 2.45) is 4.99 Å². The monoisotopic (exact) mass is 622 g/mol. The highest BCUT2D eigenvalue weighted by Crippen LogP contribution is 2.43. The van der Waals surface area contributed by atoms with Gasteiger partial charge in [0.1, 0.15) is 5.75 Å². The number of benzene rings is 3. The van der Waals surface area contributed by atoms with Crippen molar-refractivity contribution in [2.45, 2.75) is 30.9 Å². The van der Waals surface area contributed by atoms with Gasteiger partial charge in [0.15, 0.2) is 23.1 Å². The Morgan fingerprint density at radius 3 is 2.49 bits per heavy atom. The Hall–Kier alpha value is -3.82. The molecule has 1 aliphatic heterocycles. The number of aliphatic imine (C=N–C) groups is 1. The molecule has 0 fully saturated rings. The van der Waals surface area contributed by atoms with Gasteiger partial charge in [-0.1, -0.05) is 40.2 Å². The van der Waals surface area contributed by atoms with Crippen LogP contribution in [0.4, 0.5) is 0 Å². The summed E-state index contributed by atoms with van der Waals surface area (Å²) in [5.41, 5.74) is 1.30. The van der Waals surface area contributed by atoms with Crippen LogP contribution in [0.15, 0.2) is 88.9 Å². The van der Waals surface area contributed by atoms with Crippen LogP contribution in [0.5, 0.6) is 17.2 Å². The molecule has 8 nitrogen and oxygen atoms in total. The number of hydrogen-bond donors (Lipinski definition) is 2. The Kier molecular flexibility index (Phi) is 10.4. The van der Waals surface area contributed by atoms with Crippen LogP contribution in [0.1, 0.15) is 35.6 Å². The van der Waals surface area contributed by atoms with E-state index in [1.807, 2.05) is 66.7 Å². The van der Waals surface area contributed by atoms with E-state index in [4.69, 9.17) is 29.0 Å². The van der Waals surface area contributed by atoms with Gasteiger partial charge in [0, 0.05) is 36.0 Å². The second kappa shape index (κ2) is 14.2. The number of nitrogens with one attached hydrogen (secondary N) is 1. The van der Waals surface area contributed by atoms with Gasteiger partial charge in [0.2, 0.25) is 5.90 Å². The summed E-state index contributed by atoms with van der Waals surface area (Å²) in [6, 6.07) is 20.8. The summed E-state index contributed by atoms with van der Waals surface area (Å²) in [5, 5.41) is 12.1. The van der Waals surface area contributed by atoms with E-state index in [0.29, 0.717) is 49.1 Å². The van der Waals surface area contributed by atoms with Crippen LogP contribution in [0.3, 0.4) is 0 Å². The molecular formula is C32H35BrN2O6. The summed E-state index contributed by atoms with van der Waals surface area (Å²) in [4.78, 5) is 18.9. The highest BCUT2D eigenvalue weighted by atomic mass is 79.9. The van der Waals surface area contributed by atoms with Gasteiger partial charge in [-0.2, -0.15) is 0 Å². The molecule has 0 aliphatic carbocycles. The average molecular weight is 624 g/mol. The molecule has 0 aromatic heterocycles. The third-order valence-corrected chi connectivity index (χ3v) is 7.33. The van der Waals surface area contributed by atoms with Crippen LogP contribution in [-0.2, 0) is 16.0 Å². The first-order chi connectivity index (χ1) is 19.9. The van der Waals surface area contributed by atoms with E-state index in [1.54, 1.807) is 20.3 Å². The summed E-state index contributed by atoms with van der Waals surface area (Å²) in [7, 11) is 3.19. The van der Waals surface area contributed by atoms with Crippen molar-refractivity contribution in [1.82, 2.24) is 5.32 Å². The SMILES string of the molecule is C=CC[C@@]1(C(=O)NCCc2ccc(OC)c(OC)c2)N=C(c2ccc(OCCCO)cc2)O[C@@H]1c1ccc(Br)cc1. The Labute approximate surface area is 249 Å². The Bertz CT molecular complexity index is 1360. The number of amides is 1. The van der Waals surface area contributed by atoms with Gasteiger partial charge < -0.3 is 29.4 Å². The van der Waals surface area contributed by atoms with Crippen LogP contribution in [-0.4, -0.2) is 56.4 Å². The minimum Gasteiger partial charge on any atom is -0.494 e. The number of nitrogens with zero attached hydrogens (tertiary/aromatic N) is 1. The van der Waals surface area contributed by atoms with Crippen molar-refractivity contribution in [1.29, 1.82) is 0 Å². The molecule has 2 atom stereocenters. The molecule has 4 rings (SSSR count). The van der Waals surface area contributed by atoms with Gasteiger partial charge in [-0.05, 0) is 66.1 Å². The zero-order valence-corrected chi connectivity index (χ0v) is 24.9. The second-order valence-electron chi connectivity index (χ2n) is 9.53. The minimum absolute atomic E-state index is 0.0713. The Morgan fingerprint density at radius 2 is 1.83 bits per heavy atom. The molecule has 1 aliphatic rings. The molecule has 0 spiro atoms. The van der Waals surface area contributed by atoms with Crippen molar-refractivity contribution in [3.05, 3.63) is 101 Å². The first kappa shape index (κ1) is 30.1. The fraction of sp³-hybridized carbons (Fsp3) is 0.312. The topological polar surface area (TPSA) is 98.6 Å². The van der Waals surface area contributed by atoms with E-state index >= 15 is 0 Å². The standard InChI is InChI=1S/C32H35BrN2O6/c1-4-17-32(31(37)34-18-16-22-6-15-27(38-2)28(21-22)39-3)29(23-7-11-25(33)12-8-23)41-30(35-32)24-9-13-26(14-10-24)40-20-5-19-36/h4,6-15,21,29,36H,1,5,16-20H2,2-3H3,(H,34,37)/t29-,32-/m1/s1. The van der Waals surface area contributed by atoms with E-state index in [9.17, 15) is 4.79 Å². The van der Waals surface area contributed by atoms with Crippen LogP contribution in [0.25, 0.3) is 0 Å². The normalized spacial score (nSPS) is 17.8. The molecule has 3 aromatic rings. The molecule has 0 radical (unpaired) electrons. The Morgan fingerprint density at radius 1 is 1.10 bits per heavy atom. The number of halogens is 1. The van der Waals surface area contributed by atoms with E-state index in [2.05, 4.69) is 27.8 Å². The quantitative estimate of drug-likeness (QED) is 0.184. The zero-order valence-electron chi connectivity index (χ0n) is 23.3. The predicted molar refractivity (Wildman–Crippen MR) is 162 cm³/mol. The molecule has 0 saturated heterocycles. The number of rotatable bonds is 14. The molecule has 216 valence electrons. The van der Waals surface area contributed by atoms with Gasteiger partial charge in [-0.15, -0.1) is 6.58 Å². The first-order valence-electron chi connectivity index (χ1n) is 13.4. The average Bonchev–Trinajstić information content (AvgIpc) is 3.38. The third kappa shape index (κ3) is 7.10. The maximum Gasteiger partial charge on any atom is 0.252 e. The minimum atomic E-state index is -1.25. The van der Waals surface area contributed by atoms with Crippen molar-refractivity contribution in [3.8, 4) is 17.2 Å². The van der Waals surface area contributed by atoms with Crippen LogP contribution in [0, 0.1) is 0 Å². The molecular weight excluding hydrogens is 588 g/mol. The van der Waals surface area contributed by atoms with Crippen LogP contribution < -0.4 is 19.5 Å². The maximum absolute atomic E-state index is 14.0. The van der Waals surface area contributed by atoms with Crippen LogP contribution >= 0.6 is 15.9 Å². The van der Waals surface area contributed by atoms with Gasteiger partial charge >= 0.3 is 0 Å². The first-order valence-corrected chi connectivity index (χ1v) is 14.2. The van der Waals surface area contributed by atoms with Crippen molar-refractivity contribution < 1.29 is 28.8 Å². The fourth-order valence-electron chi connectivity index (χ4n) is 4.68. The van der Waals surface area contributed by atoms with Gasteiger partial charge in [-0.3, -0.25) is 4.79 Å². The molecule has 0 bridgehead atoms. The van der Waals surface area contributed by atoms with E-state index in [-0.39, 0.29) is 18.9 Å². The lowest BCUT2D eigenvalue weighted by atomic mass is 9.84. The van der Waals surface area contributed by atoms with E-state index < -0.39 is 11.6 Å². The molecule has 41 heavy (non-hydrogen) atoms. The largest absolute Gasteiger partial charge is 0.494 e. The van der Waals surface area contributed by atoms with Crippen molar-refractivity contribution in [3.63, 3.8) is 0 Å². The lowest BCUT2D eigenvalue weighted by Gasteiger charge is -2.29. The number of ether oxygens (including phenoxy) is 4. The number of carbonyl (C=O) groups is 1. The number of methoxy groups -OCH3 is 2. The fourth-order valence-corrected chi connectivity index (χ4v) is 4.95. The lowest BCUT2D eigenvalue weighted by Crippen LogP contribution is -2.48. The van der Waals surface area contributed by atoms with E-state index in [1.165, 1.54) is 0 Å². The van der Waals surface area contributed by atoms with E-state index in [0.717, 1.165) is 21.2 Å². The maximum atomic E-state index is 14.0. The van der Waals surface area contributed by atoms with Gasteiger partial charge in [0.25, 0.3) is 5.91 Å². The van der Waals surface area contributed by atoms with Crippen molar-refractivity contribution in [2.75, 3.05) is 34.0 Å². The molecule has 0 unspecified atom stereocenters. The number of carbonyl (C=O) groups excluding carboxylic acids is 1. The smallest absolute Gasteiger partial charge is 0.252 e. The van der Waals surface area contributed by atoms with Gasteiger partial charge in [0.05, 0.1) is 20.8 Å². The highest BCUT2D eigenvalue weighted by molar-refractivity contribution is 9.10. The summed E-state index contributed by atoms with van der Waals surface area (Å²) in [6.07, 6.45) is 2.46. The molecule has 9 heteroatoms. The molecule has 1 heterocycles. The molecule has 0 saturated carbocycles. The lowest BCUT2D eigenvalue weighted by molar-refractivity contribution is -0.128. The number of hydrogen-bond acceptors (Lipinski definition) is 7. The third-order valence-electron chi connectivity index (χ3n) is 6.81. The summed E-state index contributed by atoms with van der Waals surface area (Å²) in [5.74, 6) is 2.09. The van der Waals surface area contributed by atoms with Gasteiger partial charge in [-0.25, -0.2) is 4.99 Å². The zero-order chi connectivity index (χ0) is 29.2. The summed E-state index contributed by atoms with van der Waals surface area (Å²) < 4.78 is 23.8. The number of aliphatic hydroxyl groups excluding tert-OH is 1. The predicted octanol–water partition coefficient (Wildman–Crippen LogP) is 5.42. The highest BCUT2D eigenvalue weighted by Gasteiger charge is 2.52. The molecule has 3 aromatic carbocycles. The molecule has 1 amide bonds. The van der Waals surface area contributed by atoms with Crippen LogP contribution in [0.2, 0.25) is 0 Å². The van der Waals surface area contributed by atoms with Crippen molar-refractivity contribution >= 4 is 27.7 Å². The summed E-state index contributed by atoms with van der Waals surface area (Å²) >= 11 is 3.49.